The van der Waals surface area contributed by atoms with Gasteiger partial charge < -0.3 is 15.8 Å². The van der Waals surface area contributed by atoms with Gasteiger partial charge in [0.2, 0.25) is 0 Å². The SMILES string of the molecule is Nc1ccc2ccnc(C(=O)NCC3CCCO3)c2c1. The average Bonchev–Trinajstić information content (AvgIpc) is 2.97. The molecule has 3 rings (SSSR count). The minimum absolute atomic E-state index is 0.124. The Morgan fingerprint density at radius 3 is 3.15 bits per heavy atom. The van der Waals surface area contributed by atoms with Crippen molar-refractivity contribution in [3.8, 4) is 0 Å². The molecular formula is C15H17N3O2. The maximum Gasteiger partial charge on any atom is 0.270 e. The van der Waals surface area contributed by atoms with E-state index in [1.807, 2.05) is 18.2 Å². The molecule has 1 saturated heterocycles. The summed E-state index contributed by atoms with van der Waals surface area (Å²) in [7, 11) is 0. The molecule has 1 atom stereocenters. The van der Waals surface area contributed by atoms with Crippen molar-refractivity contribution in [1.82, 2.24) is 10.3 Å². The summed E-state index contributed by atoms with van der Waals surface area (Å²) >= 11 is 0. The van der Waals surface area contributed by atoms with Crippen LogP contribution in [-0.2, 0) is 4.74 Å². The highest BCUT2D eigenvalue weighted by Crippen LogP contribution is 2.20. The van der Waals surface area contributed by atoms with Crippen molar-refractivity contribution in [2.45, 2.75) is 18.9 Å². The fourth-order valence-corrected chi connectivity index (χ4v) is 2.46. The van der Waals surface area contributed by atoms with E-state index in [0.717, 1.165) is 30.2 Å². The predicted octanol–water partition coefficient (Wildman–Crippen LogP) is 1.73. The van der Waals surface area contributed by atoms with E-state index < -0.39 is 0 Å². The number of ether oxygens (including phenoxy) is 1. The van der Waals surface area contributed by atoms with Crippen molar-refractivity contribution >= 4 is 22.4 Å². The number of hydrogen-bond donors (Lipinski definition) is 2. The van der Waals surface area contributed by atoms with Crippen molar-refractivity contribution in [2.75, 3.05) is 18.9 Å². The third-order valence-electron chi connectivity index (χ3n) is 3.52. The van der Waals surface area contributed by atoms with Crippen molar-refractivity contribution < 1.29 is 9.53 Å². The summed E-state index contributed by atoms with van der Waals surface area (Å²) in [5, 5.41) is 4.62. The Kier molecular flexibility index (Phi) is 3.52. The molecule has 104 valence electrons. The largest absolute Gasteiger partial charge is 0.399 e. The zero-order chi connectivity index (χ0) is 13.9. The van der Waals surface area contributed by atoms with Crippen LogP contribution in [0, 0.1) is 0 Å². The number of rotatable bonds is 3. The van der Waals surface area contributed by atoms with E-state index in [1.165, 1.54) is 0 Å². The van der Waals surface area contributed by atoms with E-state index in [9.17, 15) is 4.79 Å². The van der Waals surface area contributed by atoms with Crippen LogP contribution < -0.4 is 11.1 Å². The maximum absolute atomic E-state index is 12.3. The minimum Gasteiger partial charge on any atom is -0.399 e. The first-order valence-corrected chi connectivity index (χ1v) is 6.78. The molecule has 3 N–H and O–H groups in total. The summed E-state index contributed by atoms with van der Waals surface area (Å²) in [6, 6.07) is 7.36. The topological polar surface area (TPSA) is 77.2 Å². The highest BCUT2D eigenvalue weighted by molar-refractivity contribution is 6.05. The van der Waals surface area contributed by atoms with Gasteiger partial charge in [-0.1, -0.05) is 6.07 Å². The third-order valence-corrected chi connectivity index (χ3v) is 3.52. The number of pyridine rings is 1. The quantitative estimate of drug-likeness (QED) is 0.833. The van der Waals surface area contributed by atoms with Gasteiger partial charge in [0.25, 0.3) is 5.91 Å². The fraction of sp³-hybridized carbons (Fsp3) is 0.333. The summed E-state index contributed by atoms with van der Waals surface area (Å²) < 4.78 is 5.49. The Morgan fingerprint density at radius 2 is 2.35 bits per heavy atom. The molecule has 1 amide bonds. The summed E-state index contributed by atoms with van der Waals surface area (Å²) in [6.07, 6.45) is 3.82. The monoisotopic (exact) mass is 271 g/mol. The van der Waals surface area contributed by atoms with E-state index in [0.29, 0.717) is 17.9 Å². The second-order valence-electron chi connectivity index (χ2n) is 4.99. The van der Waals surface area contributed by atoms with Gasteiger partial charge in [-0.15, -0.1) is 0 Å². The number of carbonyl (C=O) groups excluding carboxylic acids is 1. The van der Waals surface area contributed by atoms with Crippen LogP contribution in [0.25, 0.3) is 10.8 Å². The van der Waals surface area contributed by atoms with Gasteiger partial charge in [0.15, 0.2) is 0 Å². The maximum atomic E-state index is 12.3. The standard InChI is InChI=1S/C15H17N3O2/c16-11-4-3-10-5-6-17-14(13(10)8-11)15(19)18-9-12-2-1-7-20-12/h3-6,8,12H,1-2,7,9,16H2,(H,18,19). The lowest BCUT2D eigenvalue weighted by Crippen LogP contribution is -2.32. The molecule has 0 spiro atoms. The first kappa shape index (κ1) is 12.9. The van der Waals surface area contributed by atoms with Gasteiger partial charge in [-0.05, 0) is 36.4 Å². The summed E-state index contributed by atoms with van der Waals surface area (Å²) in [5.74, 6) is -0.184. The number of nitrogens with zero attached hydrogens (tertiary/aromatic N) is 1. The zero-order valence-electron chi connectivity index (χ0n) is 11.1. The van der Waals surface area contributed by atoms with Crippen LogP contribution in [0.2, 0.25) is 0 Å². The lowest BCUT2D eigenvalue weighted by atomic mass is 10.1. The number of nitrogens with one attached hydrogen (secondary N) is 1. The summed E-state index contributed by atoms with van der Waals surface area (Å²) in [5.41, 5.74) is 6.82. The first-order chi connectivity index (χ1) is 9.74. The molecule has 1 unspecified atom stereocenters. The van der Waals surface area contributed by atoms with E-state index >= 15 is 0 Å². The van der Waals surface area contributed by atoms with Crippen molar-refractivity contribution in [2.24, 2.45) is 0 Å². The van der Waals surface area contributed by atoms with E-state index in [-0.39, 0.29) is 12.0 Å². The molecule has 2 heterocycles. The molecule has 5 heteroatoms. The number of anilines is 1. The molecule has 0 saturated carbocycles. The molecule has 1 fully saturated rings. The molecule has 1 aliphatic rings. The summed E-state index contributed by atoms with van der Waals surface area (Å²) in [4.78, 5) is 16.4. The van der Waals surface area contributed by atoms with Crippen LogP contribution in [0.3, 0.4) is 0 Å². The number of carbonyl (C=O) groups is 1. The fourth-order valence-electron chi connectivity index (χ4n) is 2.46. The highest BCUT2D eigenvalue weighted by atomic mass is 16.5. The van der Waals surface area contributed by atoms with Crippen molar-refractivity contribution in [3.05, 3.63) is 36.2 Å². The lowest BCUT2D eigenvalue weighted by Gasteiger charge is -2.11. The molecule has 0 aliphatic carbocycles. The second-order valence-corrected chi connectivity index (χ2v) is 4.99. The Bertz CT molecular complexity index is 636. The van der Waals surface area contributed by atoms with Crippen molar-refractivity contribution in [3.63, 3.8) is 0 Å². The first-order valence-electron chi connectivity index (χ1n) is 6.78. The van der Waals surface area contributed by atoms with Crippen LogP contribution in [0.4, 0.5) is 5.69 Å². The molecular weight excluding hydrogens is 254 g/mol. The van der Waals surface area contributed by atoms with E-state index in [1.54, 1.807) is 12.3 Å². The van der Waals surface area contributed by atoms with Gasteiger partial charge >= 0.3 is 0 Å². The van der Waals surface area contributed by atoms with Crippen LogP contribution in [0.1, 0.15) is 23.3 Å². The Hall–Kier alpha value is -2.14. The van der Waals surface area contributed by atoms with Gasteiger partial charge in [-0.3, -0.25) is 9.78 Å². The summed E-state index contributed by atoms with van der Waals surface area (Å²) in [6.45, 7) is 1.31. The van der Waals surface area contributed by atoms with E-state index in [4.69, 9.17) is 10.5 Å². The van der Waals surface area contributed by atoms with Gasteiger partial charge in [-0.2, -0.15) is 0 Å². The van der Waals surface area contributed by atoms with Gasteiger partial charge in [-0.25, -0.2) is 0 Å². The number of nitrogens with two attached hydrogens (primary N) is 1. The number of fused-ring (bicyclic) bond motifs is 1. The lowest BCUT2D eigenvalue weighted by molar-refractivity contribution is 0.0855. The highest BCUT2D eigenvalue weighted by Gasteiger charge is 2.18. The van der Waals surface area contributed by atoms with Crippen molar-refractivity contribution in [1.29, 1.82) is 0 Å². The van der Waals surface area contributed by atoms with Gasteiger partial charge in [0.05, 0.1) is 6.10 Å². The second kappa shape index (κ2) is 5.46. The van der Waals surface area contributed by atoms with E-state index in [2.05, 4.69) is 10.3 Å². The molecule has 2 aromatic rings. The Labute approximate surface area is 117 Å². The van der Waals surface area contributed by atoms with Crippen LogP contribution in [0.15, 0.2) is 30.5 Å². The normalized spacial score (nSPS) is 18.3. The van der Waals surface area contributed by atoms with Crippen LogP contribution in [-0.4, -0.2) is 30.1 Å². The predicted molar refractivity (Wildman–Crippen MR) is 77.5 cm³/mol. The number of aromatic nitrogens is 1. The number of benzene rings is 1. The number of hydrogen-bond acceptors (Lipinski definition) is 4. The molecule has 5 nitrogen and oxygen atoms in total. The Balaban J connectivity index is 1.81. The smallest absolute Gasteiger partial charge is 0.270 e. The Morgan fingerprint density at radius 1 is 1.45 bits per heavy atom. The zero-order valence-corrected chi connectivity index (χ0v) is 11.1. The van der Waals surface area contributed by atoms with Crippen LogP contribution >= 0.6 is 0 Å². The number of amides is 1. The molecule has 1 aliphatic heterocycles. The molecule has 0 bridgehead atoms. The molecule has 20 heavy (non-hydrogen) atoms. The number of nitrogen functional groups attached to an aromatic ring is 1. The molecule has 1 aromatic carbocycles. The average molecular weight is 271 g/mol. The van der Waals surface area contributed by atoms with Gasteiger partial charge in [0.1, 0.15) is 5.69 Å². The minimum atomic E-state index is -0.184. The molecule has 1 aromatic heterocycles. The van der Waals surface area contributed by atoms with Gasteiger partial charge in [0, 0.05) is 30.4 Å². The third kappa shape index (κ3) is 2.58. The molecule has 0 radical (unpaired) electrons. The van der Waals surface area contributed by atoms with Crippen LogP contribution in [0.5, 0.6) is 0 Å².